The van der Waals surface area contributed by atoms with E-state index in [1.807, 2.05) is 30.3 Å². The molecule has 1 aliphatic rings. The van der Waals surface area contributed by atoms with Crippen molar-refractivity contribution in [2.24, 2.45) is 0 Å². The highest BCUT2D eigenvalue weighted by Crippen LogP contribution is 2.16. The summed E-state index contributed by atoms with van der Waals surface area (Å²) in [6.07, 6.45) is 1.58. The number of hydrogen-bond acceptors (Lipinski definition) is 4. The van der Waals surface area contributed by atoms with Gasteiger partial charge in [-0.2, -0.15) is 5.26 Å². The van der Waals surface area contributed by atoms with Crippen LogP contribution in [-0.4, -0.2) is 32.5 Å². The van der Waals surface area contributed by atoms with Crippen molar-refractivity contribution in [3.8, 4) is 6.07 Å². The Morgan fingerprint density at radius 1 is 1.37 bits per heavy atom. The van der Waals surface area contributed by atoms with Gasteiger partial charge in [0.25, 0.3) is 0 Å². The van der Waals surface area contributed by atoms with Gasteiger partial charge in [0, 0.05) is 12.6 Å². The van der Waals surface area contributed by atoms with Gasteiger partial charge < -0.3 is 5.32 Å². The van der Waals surface area contributed by atoms with Crippen LogP contribution in [0.2, 0.25) is 0 Å². The van der Waals surface area contributed by atoms with Crippen LogP contribution in [0, 0.1) is 11.3 Å². The first-order valence-electron chi connectivity index (χ1n) is 6.49. The summed E-state index contributed by atoms with van der Waals surface area (Å²) in [5, 5.41) is 12.4. The first kappa shape index (κ1) is 14.0. The van der Waals surface area contributed by atoms with Crippen molar-refractivity contribution in [3.63, 3.8) is 0 Å². The molecular weight excluding hydrogens is 260 g/mol. The Labute approximate surface area is 114 Å². The predicted molar refractivity (Wildman–Crippen MR) is 74.5 cm³/mol. The molecule has 0 aromatic heterocycles. The van der Waals surface area contributed by atoms with Gasteiger partial charge in [0.05, 0.1) is 23.5 Å². The van der Waals surface area contributed by atoms with Gasteiger partial charge in [-0.25, -0.2) is 8.42 Å². The summed E-state index contributed by atoms with van der Waals surface area (Å²) in [4.78, 5) is 0. The maximum Gasteiger partial charge on any atom is 0.151 e. The van der Waals surface area contributed by atoms with Crippen LogP contribution in [0.25, 0.3) is 0 Å². The molecule has 1 heterocycles. The third-order valence-electron chi connectivity index (χ3n) is 3.43. The van der Waals surface area contributed by atoms with Crippen molar-refractivity contribution in [1.82, 2.24) is 5.32 Å². The van der Waals surface area contributed by atoms with Crippen molar-refractivity contribution in [2.45, 2.75) is 24.8 Å². The lowest BCUT2D eigenvalue weighted by atomic mass is 10.0. The summed E-state index contributed by atoms with van der Waals surface area (Å²) in [6, 6.07) is 11.8. The molecule has 0 aliphatic carbocycles. The molecule has 1 fully saturated rings. The summed E-state index contributed by atoms with van der Waals surface area (Å²) >= 11 is 0. The zero-order chi connectivity index (χ0) is 13.7. The largest absolute Gasteiger partial charge is 0.311 e. The fourth-order valence-electron chi connectivity index (χ4n) is 2.39. The Bertz CT molecular complexity index is 549. The Balaban J connectivity index is 1.92. The topological polar surface area (TPSA) is 70.0 Å². The summed E-state index contributed by atoms with van der Waals surface area (Å²) in [6.45, 7) is 0.501. The second kappa shape index (κ2) is 6.18. The van der Waals surface area contributed by atoms with Crippen molar-refractivity contribution >= 4 is 9.84 Å². The van der Waals surface area contributed by atoms with E-state index >= 15 is 0 Å². The van der Waals surface area contributed by atoms with Gasteiger partial charge in [0.1, 0.15) is 0 Å². The maximum absolute atomic E-state index is 11.5. The molecule has 1 aliphatic heterocycles. The molecule has 1 aromatic carbocycles. The molecule has 5 heteroatoms. The van der Waals surface area contributed by atoms with Crippen LogP contribution in [-0.2, 0) is 9.84 Å². The number of benzene rings is 1. The fourth-order valence-corrected chi connectivity index (χ4v) is 4.06. The van der Waals surface area contributed by atoms with Crippen molar-refractivity contribution in [1.29, 1.82) is 5.26 Å². The molecule has 0 spiro atoms. The molecule has 102 valence electrons. The summed E-state index contributed by atoms with van der Waals surface area (Å²) in [7, 11) is -2.90. The lowest BCUT2D eigenvalue weighted by Crippen LogP contribution is -2.41. The van der Waals surface area contributed by atoms with Gasteiger partial charge in [-0.15, -0.1) is 0 Å². The Kier molecular flexibility index (Phi) is 4.56. The SMILES string of the molecule is N#CC(CNC1CCCS(=O)(=O)C1)c1ccccc1. The Morgan fingerprint density at radius 3 is 2.74 bits per heavy atom. The molecule has 1 saturated heterocycles. The third-order valence-corrected chi connectivity index (χ3v) is 5.25. The van der Waals surface area contributed by atoms with Crippen LogP contribution in [0.5, 0.6) is 0 Å². The molecule has 2 atom stereocenters. The minimum absolute atomic E-state index is 0.0155. The van der Waals surface area contributed by atoms with Gasteiger partial charge >= 0.3 is 0 Å². The molecule has 0 bridgehead atoms. The smallest absolute Gasteiger partial charge is 0.151 e. The highest BCUT2D eigenvalue weighted by molar-refractivity contribution is 7.91. The van der Waals surface area contributed by atoms with E-state index in [2.05, 4.69) is 11.4 Å². The number of nitrogens with one attached hydrogen (secondary N) is 1. The van der Waals surface area contributed by atoms with E-state index in [-0.39, 0.29) is 17.7 Å². The summed E-state index contributed by atoms with van der Waals surface area (Å²) in [5.41, 5.74) is 0.969. The molecule has 2 unspecified atom stereocenters. The summed E-state index contributed by atoms with van der Waals surface area (Å²) < 4.78 is 23.1. The third kappa shape index (κ3) is 4.05. The quantitative estimate of drug-likeness (QED) is 0.905. The first-order valence-corrected chi connectivity index (χ1v) is 8.31. The average Bonchev–Trinajstić information content (AvgIpc) is 2.39. The van der Waals surface area contributed by atoms with Crippen LogP contribution in [0.3, 0.4) is 0 Å². The van der Waals surface area contributed by atoms with Crippen LogP contribution in [0.4, 0.5) is 0 Å². The van der Waals surface area contributed by atoms with E-state index < -0.39 is 9.84 Å². The molecular formula is C14H18N2O2S. The van der Waals surface area contributed by atoms with Crippen molar-refractivity contribution in [3.05, 3.63) is 35.9 Å². The van der Waals surface area contributed by atoms with Crippen LogP contribution >= 0.6 is 0 Å². The zero-order valence-corrected chi connectivity index (χ0v) is 11.6. The number of sulfone groups is 1. The number of rotatable bonds is 4. The lowest BCUT2D eigenvalue weighted by molar-refractivity contribution is 0.476. The molecule has 0 saturated carbocycles. The minimum Gasteiger partial charge on any atom is -0.311 e. The van der Waals surface area contributed by atoms with Gasteiger partial charge in [-0.3, -0.25) is 0 Å². The van der Waals surface area contributed by atoms with Gasteiger partial charge in [-0.1, -0.05) is 30.3 Å². The van der Waals surface area contributed by atoms with Gasteiger partial charge in [0.2, 0.25) is 0 Å². The van der Waals surface area contributed by atoms with Crippen molar-refractivity contribution in [2.75, 3.05) is 18.1 Å². The molecule has 0 amide bonds. The second-order valence-corrected chi connectivity index (χ2v) is 7.18. The standard InChI is InChI=1S/C14H18N2O2S/c15-9-13(12-5-2-1-3-6-12)10-16-14-7-4-8-19(17,18)11-14/h1-3,5-6,13-14,16H,4,7-8,10-11H2. The van der Waals surface area contributed by atoms with Gasteiger partial charge in [-0.05, 0) is 18.4 Å². The average molecular weight is 278 g/mol. The molecule has 1 aromatic rings. The number of nitrogens with zero attached hydrogens (tertiary/aromatic N) is 1. The Hall–Kier alpha value is -1.38. The van der Waals surface area contributed by atoms with E-state index in [1.165, 1.54) is 0 Å². The van der Waals surface area contributed by atoms with E-state index in [9.17, 15) is 13.7 Å². The van der Waals surface area contributed by atoms with E-state index in [0.717, 1.165) is 12.0 Å². The number of nitriles is 1. The maximum atomic E-state index is 11.5. The first-order chi connectivity index (χ1) is 9.11. The molecule has 19 heavy (non-hydrogen) atoms. The van der Waals surface area contributed by atoms with Crippen LogP contribution < -0.4 is 5.32 Å². The van der Waals surface area contributed by atoms with Crippen molar-refractivity contribution < 1.29 is 8.42 Å². The highest BCUT2D eigenvalue weighted by atomic mass is 32.2. The summed E-state index contributed by atoms with van der Waals surface area (Å²) in [5.74, 6) is 0.261. The molecule has 1 N–H and O–H groups in total. The van der Waals surface area contributed by atoms with E-state index in [1.54, 1.807) is 0 Å². The second-order valence-electron chi connectivity index (χ2n) is 4.95. The van der Waals surface area contributed by atoms with E-state index in [4.69, 9.17) is 0 Å². The predicted octanol–water partition coefficient (Wildman–Crippen LogP) is 1.46. The monoisotopic (exact) mass is 278 g/mol. The fraction of sp³-hybridized carbons (Fsp3) is 0.500. The lowest BCUT2D eigenvalue weighted by Gasteiger charge is -2.24. The normalized spacial score (nSPS) is 23.4. The van der Waals surface area contributed by atoms with Crippen LogP contribution in [0.15, 0.2) is 30.3 Å². The molecule has 2 rings (SSSR count). The number of hydrogen-bond donors (Lipinski definition) is 1. The van der Waals surface area contributed by atoms with Crippen LogP contribution in [0.1, 0.15) is 24.3 Å². The molecule has 4 nitrogen and oxygen atoms in total. The van der Waals surface area contributed by atoms with Gasteiger partial charge in [0.15, 0.2) is 9.84 Å². The van der Waals surface area contributed by atoms with E-state index in [0.29, 0.717) is 18.7 Å². The minimum atomic E-state index is -2.90. The Morgan fingerprint density at radius 2 is 2.11 bits per heavy atom. The molecule has 0 radical (unpaired) electrons. The zero-order valence-electron chi connectivity index (χ0n) is 10.7. The highest BCUT2D eigenvalue weighted by Gasteiger charge is 2.25.